The number of piperidine rings is 1. The zero-order valence-electron chi connectivity index (χ0n) is 13.1. The first kappa shape index (κ1) is 16.2. The van der Waals surface area contributed by atoms with Crippen molar-refractivity contribution in [2.24, 2.45) is 0 Å². The van der Waals surface area contributed by atoms with Gasteiger partial charge in [0.05, 0.1) is 11.1 Å². The Morgan fingerprint density at radius 3 is 2.46 bits per heavy atom. The Morgan fingerprint density at radius 2 is 1.83 bits per heavy atom. The lowest BCUT2D eigenvalue weighted by atomic mass is 9.99. The highest BCUT2D eigenvalue weighted by atomic mass is 16.7. The number of nitrogens with zero attached hydrogens (tertiary/aromatic N) is 1. The molecule has 3 amide bonds. The molecular formula is C17H18N2O5. The second kappa shape index (κ2) is 6.82. The van der Waals surface area contributed by atoms with Gasteiger partial charge >= 0.3 is 5.97 Å². The molecule has 0 aliphatic carbocycles. The summed E-state index contributed by atoms with van der Waals surface area (Å²) in [5.74, 6) is -1.83. The van der Waals surface area contributed by atoms with Gasteiger partial charge in [-0.1, -0.05) is 17.2 Å². The number of benzene rings is 1. The number of fused-ring (bicyclic) bond motifs is 1. The fourth-order valence-corrected chi connectivity index (χ4v) is 2.99. The van der Waals surface area contributed by atoms with Gasteiger partial charge in [0.2, 0.25) is 5.91 Å². The molecule has 1 fully saturated rings. The first-order chi connectivity index (χ1) is 11.6. The van der Waals surface area contributed by atoms with E-state index in [0.29, 0.717) is 24.3 Å². The predicted octanol–water partition coefficient (Wildman–Crippen LogP) is 1.58. The largest absolute Gasteiger partial charge is 0.353 e. The van der Waals surface area contributed by atoms with Gasteiger partial charge in [0.1, 0.15) is 0 Å². The number of carbonyl (C=O) groups is 4. The van der Waals surface area contributed by atoms with E-state index in [1.807, 2.05) is 0 Å². The SMILES string of the molecule is O=C1CCCC(CCCC(=O)ON2C(=O)c3ccccc3C2=O)N1. The van der Waals surface area contributed by atoms with Crippen LogP contribution in [0.1, 0.15) is 59.2 Å². The topological polar surface area (TPSA) is 92.8 Å². The molecule has 1 aromatic carbocycles. The number of hydrogen-bond acceptors (Lipinski definition) is 5. The van der Waals surface area contributed by atoms with Crippen LogP contribution in [0.15, 0.2) is 24.3 Å². The van der Waals surface area contributed by atoms with E-state index in [0.717, 1.165) is 12.8 Å². The molecule has 7 nitrogen and oxygen atoms in total. The van der Waals surface area contributed by atoms with Crippen molar-refractivity contribution in [2.45, 2.75) is 44.6 Å². The predicted molar refractivity (Wildman–Crippen MR) is 82.7 cm³/mol. The Morgan fingerprint density at radius 1 is 1.17 bits per heavy atom. The maximum Gasteiger partial charge on any atom is 0.333 e. The van der Waals surface area contributed by atoms with Crippen molar-refractivity contribution in [3.05, 3.63) is 35.4 Å². The molecule has 0 aromatic heterocycles. The average Bonchev–Trinajstić information content (AvgIpc) is 2.80. The fraction of sp³-hybridized carbons (Fsp3) is 0.412. The number of hydroxylamine groups is 2. The highest BCUT2D eigenvalue weighted by Crippen LogP contribution is 2.23. The van der Waals surface area contributed by atoms with E-state index in [4.69, 9.17) is 4.84 Å². The van der Waals surface area contributed by atoms with Gasteiger partial charge in [-0.3, -0.25) is 14.4 Å². The standard InChI is InChI=1S/C17H18N2O5/c20-14-9-3-5-11(18-14)6-4-10-15(21)24-19-16(22)12-7-1-2-8-13(12)17(19)23/h1-2,7-8,11H,3-6,9-10H2,(H,18,20). The molecule has 24 heavy (non-hydrogen) atoms. The fourth-order valence-electron chi connectivity index (χ4n) is 2.99. The Hall–Kier alpha value is -2.70. The smallest absolute Gasteiger partial charge is 0.333 e. The van der Waals surface area contributed by atoms with Crippen molar-refractivity contribution in [1.82, 2.24) is 10.4 Å². The molecule has 0 spiro atoms. The van der Waals surface area contributed by atoms with Gasteiger partial charge in [-0.25, -0.2) is 4.79 Å². The monoisotopic (exact) mass is 330 g/mol. The zero-order valence-corrected chi connectivity index (χ0v) is 13.1. The van der Waals surface area contributed by atoms with E-state index in [-0.39, 0.29) is 29.5 Å². The molecule has 2 heterocycles. The third-order valence-electron chi connectivity index (χ3n) is 4.20. The van der Waals surface area contributed by atoms with E-state index >= 15 is 0 Å². The quantitative estimate of drug-likeness (QED) is 0.828. The Bertz CT molecular complexity index is 665. The molecule has 2 aliphatic heterocycles. The van der Waals surface area contributed by atoms with Crippen molar-refractivity contribution < 1.29 is 24.0 Å². The number of rotatable bonds is 5. The van der Waals surface area contributed by atoms with E-state index in [1.165, 1.54) is 12.1 Å². The van der Waals surface area contributed by atoms with Gasteiger partial charge in [-0.05, 0) is 37.8 Å². The summed E-state index contributed by atoms with van der Waals surface area (Å²) in [6, 6.07) is 6.42. The van der Waals surface area contributed by atoms with E-state index in [2.05, 4.69) is 5.32 Å². The summed E-state index contributed by atoms with van der Waals surface area (Å²) in [7, 11) is 0. The average molecular weight is 330 g/mol. The van der Waals surface area contributed by atoms with Gasteiger partial charge in [-0.2, -0.15) is 0 Å². The number of hydrogen-bond donors (Lipinski definition) is 1. The van der Waals surface area contributed by atoms with Crippen LogP contribution in [0.2, 0.25) is 0 Å². The molecule has 1 atom stereocenters. The van der Waals surface area contributed by atoms with Crippen LogP contribution in [-0.4, -0.2) is 34.8 Å². The molecule has 126 valence electrons. The van der Waals surface area contributed by atoms with Crippen LogP contribution in [0.25, 0.3) is 0 Å². The molecule has 2 aliphatic rings. The van der Waals surface area contributed by atoms with Crippen LogP contribution in [0, 0.1) is 0 Å². The van der Waals surface area contributed by atoms with E-state index in [9.17, 15) is 19.2 Å². The molecule has 1 aromatic rings. The van der Waals surface area contributed by atoms with Crippen LogP contribution in [0.4, 0.5) is 0 Å². The highest BCUT2D eigenvalue weighted by Gasteiger charge is 2.38. The first-order valence-corrected chi connectivity index (χ1v) is 8.04. The van der Waals surface area contributed by atoms with Crippen LogP contribution in [0.3, 0.4) is 0 Å². The van der Waals surface area contributed by atoms with Gasteiger partial charge in [0, 0.05) is 18.9 Å². The second-order valence-corrected chi connectivity index (χ2v) is 5.96. The number of nitrogens with one attached hydrogen (secondary N) is 1. The first-order valence-electron chi connectivity index (χ1n) is 8.04. The Balaban J connectivity index is 1.48. The summed E-state index contributed by atoms with van der Waals surface area (Å²) < 4.78 is 0. The summed E-state index contributed by atoms with van der Waals surface area (Å²) >= 11 is 0. The van der Waals surface area contributed by atoms with Gasteiger partial charge in [0.15, 0.2) is 0 Å². The molecule has 0 bridgehead atoms. The summed E-state index contributed by atoms with van der Waals surface area (Å²) in [5, 5.41) is 3.40. The lowest BCUT2D eigenvalue weighted by Crippen LogP contribution is -2.38. The van der Waals surface area contributed by atoms with Crippen molar-refractivity contribution in [2.75, 3.05) is 0 Å². The van der Waals surface area contributed by atoms with E-state index in [1.54, 1.807) is 12.1 Å². The molecule has 7 heteroatoms. The van der Waals surface area contributed by atoms with Crippen LogP contribution in [0.5, 0.6) is 0 Å². The maximum absolute atomic E-state index is 12.1. The number of carbonyl (C=O) groups excluding carboxylic acids is 4. The Kier molecular flexibility index (Phi) is 4.59. The number of amides is 3. The summed E-state index contributed by atoms with van der Waals surface area (Å²) in [6.07, 6.45) is 3.59. The van der Waals surface area contributed by atoms with Crippen LogP contribution >= 0.6 is 0 Å². The van der Waals surface area contributed by atoms with Gasteiger partial charge in [-0.15, -0.1) is 0 Å². The number of imide groups is 1. The third kappa shape index (κ3) is 3.29. The Labute approximate surface area is 138 Å². The van der Waals surface area contributed by atoms with Crippen molar-refractivity contribution in [3.8, 4) is 0 Å². The third-order valence-corrected chi connectivity index (χ3v) is 4.20. The van der Waals surface area contributed by atoms with Crippen molar-refractivity contribution >= 4 is 23.7 Å². The minimum absolute atomic E-state index is 0.0415. The van der Waals surface area contributed by atoms with Crippen LogP contribution in [-0.2, 0) is 14.4 Å². The van der Waals surface area contributed by atoms with Gasteiger partial charge in [0.25, 0.3) is 11.8 Å². The lowest BCUT2D eigenvalue weighted by Gasteiger charge is -2.22. The molecule has 3 rings (SSSR count). The molecular weight excluding hydrogens is 312 g/mol. The van der Waals surface area contributed by atoms with Gasteiger partial charge < -0.3 is 10.2 Å². The zero-order chi connectivity index (χ0) is 17.1. The van der Waals surface area contributed by atoms with E-state index < -0.39 is 17.8 Å². The maximum atomic E-state index is 12.1. The molecule has 0 radical (unpaired) electrons. The molecule has 1 unspecified atom stereocenters. The van der Waals surface area contributed by atoms with Crippen molar-refractivity contribution in [3.63, 3.8) is 0 Å². The molecule has 1 saturated heterocycles. The molecule has 1 N–H and O–H groups in total. The summed E-state index contributed by atoms with van der Waals surface area (Å²) in [4.78, 5) is 52.3. The lowest BCUT2D eigenvalue weighted by molar-refractivity contribution is -0.168. The second-order valence-electron chi connectivity index (χ2n) is 5.96. The highest BCUT2D eigenvalue weighted by molar-refractivity contribution is 6.20. The summed E-state index contributed by atoms with van der Waals surface area (Å²) in [5.41, 5.74) is 0.473. The minimum atomic E-state index is -0.633. The normalized spacial score (nSPS) is 19.9. The summed E-state index contributed by atoms with van der Waals surface area (Å²) in [6.45, 7) is 0. The van der Waals surface area contributed by atoms with Crippen molar-refractivity contribution in [1.29, 1.82) is 0 Å². The molecule has 0 saturated carbocycles. The van der Waals surface area contributed by atoms with Crippen LogP contribution < -0.4 is 5.32 Å². The minimum Gasteiger partial charge on any atom is -0.353 e.